The van der Waals surface area contributed by atoms with Gasteiger partial charge in [-0.05, 0) is 42.3 Å². The van der Waals surface area contributed by atoms with Crippen LogP contribution in [-0.2, 0) is 10.2 Å². The lowest BCUT2D eigenvalue weighted by Gasteiger charge is -2.37. The molecule has 0 aliphatic carbocycles. The zero-order valence-electron chi connectivity index (χ0n) is 16.1. The molecule has 0 spiro atoms. The molecule has 0 aliphatic heterocycles. The molecule has 1 N–H and O–H groups in total. The Bertz CT molecular complexity index is 766. The molecule has 0 aromatic heterocycles. The molecule has 1 unspecified atom stereocenters. The molecule has 3 heteroatoms. The quantitative estimate of drug-likeness (QED) is 0.405. The van der Waals surface area contributed by atoms with Crippen molar-refractivity contribution in [3.8, 4) is 0 Å². The second kappa shape index (κ2) is 9.63. The van der Waals surface area contributed by atoms with Crippen LogP contribution in [-0.4, -0.2) is 22.9 Å². The molecule has 3 aromatic carbocycles. The fourth-order valence-corrected chi connectivity index (χ4v) is 4.17. The van der Waals surface area contributed by atoms with E-state index >= 15 is 0 Å². The van der Waals surface area contributed by atoms with Crippen LogP contribution in [0.1, 0.15) is 36.5 Å². The van der Waals surface area contributed by atoms with Crippen molar-refractivity contribution < 1.29 is 9.84 Å². The number of ether oxygens (including phenoxy) is 1. The highest BCUT2D eigenvalue weighted by Crippen LogP contribution is 2.43. The highest BCUT2D eigenvalue weighted by molar-refractivity contribution is 7.80. The predicted molar refractivity (Wildman–Crippen MR) is 119 cm³/mol. The Morgan fingerprint density at radius 3 is 1.57 bits per heavy atom. The Morgan fingerprint density at radius 2 is 1.21 bits per heavy atom. The lowest BCUT2D eigenvalue weighted by molar-refractivity contribution is 0.147. The first-order chi connectivity index (χ1) is 13.7. The standard InChI is InChI=1S/C25H26O2S/c1-2-27-24(28)18-23(26)19-25(20-12-6-3-7-13-20,21-14-8-4-9-15-21)22-16-10-5-11-17-22/h3-17,23,26H,2,18-19H2,1H3. The first kappa shape index (κ1) is 20.2. The number of benzene rings is 3. The maximum atomic E-state index is 11.0. The van der Waals surface area contributed by atoms with E-state index in [0.29, 0.717) is 24.5 Å². The van der Waals surface area contributed by atoms with Crippen molar-refractivity contribution in [2.24, 2.45) is 0 Å². The van der Waals surface area contributed by atoms with Gasteiger partial charge in [0, 0.05) is 11.8 Å². The normalized spacial score (nSPS) is 12.4. The van der Waals surface area contributed by atoms with E-state index < -0.39 is 11.5 Å². The van der Waals surface area contributed by atoms with E-state index in [9.17, 15) is 5.11 Å². The minimum absolute atomic E-state index is 0.345. The van der Waals surface area contributed by atoms with Gasteiger partial charge in [-0.1, -0.05) is 91.0 Å². The van der Waals surface area contributed by atoms with Crippen molar-refractivity contribution in [3.63, 3.8) is 0 Å². The third-order valence-corrected chi connectivity index (χ3v) is 5.33. The van der Waals surface area contributed by atoms with Gasteiger partial charge in [0.1, 0.15) is 0 Å². The summed E-state index contributed by atoms with van der Waals surface area (Å²) in [5, 5.41) is 11.5. The van der Waals surface area contributed by atoms with Gasteiger partial charge in [-0.3, -0.25) is 0 Å². The molecule has 0 saturated carbocycles. The zero-order chi connectivity index (χ0) is 19.8. The highest BCUT2D eigenvalue weighted by atomic mass is 32.1. The maximum Gasteiger partial charge on any atom is 0.162 e. The third-order valence-electron chi connectivity index (χ3n) is 5.05. The first-order valence-electron chi connectivity index (χ1n) is 9.67. The molecule has 2 nitrogen and oxygen atoms in total. The number of hydrogen-bond acceptors (Lipinski definition) is 3. The van der Waals surface area contributed by atoms with Crippen molar-refractivity contribution >= 4 is 17.3 Å². The second-order valence-corrected chi connectivity index (χ2v) is 7.33. The van der Waals surface area contributed by atoms with E-state index in [-0.39, 0.29) is 0 Å². The summed E-state index contributed by atoms with van der Waals surface area (Å²) in [6.45, 7) is 2.42. The first-order valence-corrected chi connectivity index (χ1v) is 10.1. The molecular formula is C25H26O2S. The fourth-order valence-electron chi connectivity index (χ4n) is 3.86. The number of aliphatic hydroxyl groups excluding tert-OH is 1. The molecule has 0 amide bonds. The molecular weight excluding hydrogens is 364 g/mol. The van der Waals surface area contributed by atoms with Crippen molar-refractivity contribution in [2.45, 2.75) is 31.3 Å². The second-order valence-electron chi connectivity index (χ2n) is 6.87. The SMILES string of the molecule is CCOC(=S)CC(O)CC(c1ccccc1)(c1ccccc1)c1ccccc1. The van der Waals surface area contributed by atoms with E-state index in [4.69, 9.17) is 17.0 Å². The molecule has 1 atom stereocenters. The largest absolute Gasteiger partial charge is 0.487 e. The Morgan fingerprint density at radius 1 is 0.821 bits per heavy atom. The summed E-state index contributed by atoms with van der Waals surface area (Å²) in [5.41, 5.74) is 2.96. The molecule has 0 saturated heterocycles. The smallest absolute Gasteiger partial charge is 0.162 e. The third kappa shape index (κ3) is 4.49. The molecule has 28 heavy (non-hydrogen) atoms. The van der Waals surface area contributed by atoms with Gasteiger partial charge in [0.05, 0.1) is 12.7 Å². The summed E-state index contributed by atoms with van der Waals surface area (Å²) in [7, 11) is 0. The van der Waals surface area contributed by atoms with Gasteiger partial charge in [0.25, 0.3) is 0 Å². The van der Waals surface area contributed by atoms with Gasteiger partial charge in [-0.15, -0.1) is 0 Å². The van der Waals surface area contributed by atoms with Crippen LogP contribution in [0.15, 0.2) is 91.0 Å². The molecule has 3 aromatic rings. The monoisotopic (exact) mass is 390 g/mol. The van der Waals surface area contributed by atoms with Gasteiger partial charge in [-0.25, -0.2) is 0 Å². The summed E-state index contributed by atoms with van der Waals surface area (Å²) in [5.74, 6) is 0. The Balaban J connectivity index is 2.13. The van der Waals surface area contributed by atoms with Crippen LogP contribution in [0.5, 0.6) is 0 Å². The molecule has 0 heterocycles. The average Bonchev–Trinajstić information content (AvgIpc) is 2.74. The van der Waals surface area contributed by atoms with Crippen LogP contribution in [0.3, 0.4) is 0 Å². The van der Waals surface area contributed by atoms with E-state index in [2.05, 4.69) is 36.4 Å². The number of rotatable bonds is 8. The van der Waals surface area contributed by atoms with Gasteiger partial charge < -0.3 is 9.84 Å². The summed E-state index contributed by atoms with van der Waals surface area (Å²) in [6.07, 6.45) is 0.232. The predicted octanol–water partition coefficient (Wildman–Crippen LogP) is 5.53. The Hall–Kier alpha value is -2.49. The van der Waals surface area contributed by atoms with Gasteiger partial charge in [0.15, 0.2) is 5.05 Å². The number of hydrogen-bond donors (Lipinski definition) is 1. The lowest BCUT2D eigenvalue weighted by Crippen LogP contribution is -2.34. The summed E-state index contributed by atoms with van der Waals surface area (Å²) in [6, 6.07) is 31.1. The average molecular weight is 391 g/mol. The molecule has 0 aliphatic rings. The van der Waals surface area contributed by atoms with Gasteiger partial charge in [0.2, 0.25) is 0 Å². The van der Waals surface area contributed by atoms with Crippen LogP contribution in [0.2, 0.25) is 0 Å². The number of aliphatic hydroxyl groups is 1. The van der Waals surface area contributed by atoms with Crippen LogP contribution in [0.4, 0.5) is 0 Å². The highest BCUT2D eigenvalue weighted by Gasteiger charge is 2.38. The van der Waals surface area contributed by atoms with Gasteiger partial charge >= 0.3 is 0 Å². The summed E-state index contributed by atoms with van der Waals surface area (Å²) >= 11 is 5.29. The minimum atomic E-state index is -0.625. The van der Waals surface area contributed by atoms with Crippen molar-refractivity contribution in [1.82, 2.24) is 0 Å². The fraction of sp³-hybridized carbons (Fsp3) is 0.240. The Kier molecular flexibility index (Phi) is 6.96. The van der Waals surface area contributed by atoms with Crippen molar-refractivity contribution in [1.29, 1.82) is 0 Å². The van der Waals surface area contributed by atoms with Crippen LogP contribution in [0, 0.1) is 0 Å². The van der Waals surface area contributed by atoms with Crippen molar-refractivity contribution in [3.05, 3.63) is 108 Å². The molecule has 144 valence electrons. The van der Waals surface area contributed by atoms with Crippen molar-refractivity contribution in [2.75, 3.05) is 6.61 Å². The molecule has 0 radical (unpaired) electrons. The lowest BCUT2D eigenvalue weighted by atomic mass is 9.66. The molecule has 0 fully saturated rings. The topological polar surface area (TPSA) is 29.5 Å². The molecule has 0 bridgehead atoms. The zero-order valence-corrected chi connectivity index (χ0v) is 16.9. The van der Waals surface area contributed by atoms with Crippen LogP contribution in [0.25, 0.3) is 0 Å². The van der Waals surface area contributed by atoms with Crippen LogP contribution >= 0.6 is 12.2 Å². The van der Waals surface area contributed by atoms with E-state index in [0.717, 1.165) is 16.7 Å². The number of thiocarbonyl (C=S) groups is 1. The summed E-state index contributed by atoms with van der Waals surface area (Å²) in [4.78, 5) is 0. The minimum Gasteiger partial charge on any atom is -0.487 e. The van der Waals surface area contributed by atoms with Crippen LogP contribution < -0.4 is 0 Å². The maximum absolute atomic E-state index is 11.0. The molecule has 3 rings (SSSR count). The van der Waals surface area contributed by atoms with E-state index in [1.165, 1.54) is 0 Å². The van der Waals surface area contributed by atoms with E-state index in [1.54, 1.807) is 0 Å². The summed E-state index contributed by atoms with van der Waals surface area (Å²) < 4.78 is 5.42. The Labute approximate surface area is 172 Å². The van der Waals surface area contributed by atoms with Gasteiger partial charge in [-0.2, -0.15) is 0 Å². The van der Waals surface area contributed by atoms with E-state index in [1.807, 2.05) is 61.5 Å².